The molecule has 0 aliphatic carbocycles. The standard InChI is InChI=1S/C23H37N5O.HI/c1-3-24-23(25-12-6-7-13-28-14-10-18(2)11-15-28)26-17-19-16-22(29)27-21-9-5-4-8-20(19)21;/h4-5,8-9,18-19H,3,6-7,10-17H2,1-2H3,(H,27,29)(H2,24,25,26);1H. The zero-order valence-corrected chi connectivity index (χ0v) is 20.8. The fraction of sp³-hybridized carbons (Fsp3) is 0.652. The predicted octanol–water partition coefficient (Wildman–Crippen LogP) is 3.80. The van der Waals surface area contributed by atoms with E-state index in [2.05, 4.69) is 40.8 Å². The third-order valence-corrected chi connectivity index (χ3v) is 5.99. The molecule has 6 nitrogen and oxygen atoms in total. The van der Waals surface area contributed by atoms with E-state index >= 15 is 0 Å². The van der Waals surface area contributed by atoms with E-state index in [1.165, 1.54) is 44.5 Å². The van der Waals surface area contributed by atoms with Gasteiger partial charge in [-0.15, -0.1) is 24.0 Å². The lowest BCUT2D eigenvalue weighted by atomic mass is 9.91. The van der Waals surface area contributed by atoms with Gasteiger partial charge in [-0.3, -0.25) is 9.79 Å². The smallest absolute Gasteiger partial charge is 0.225 e. The number of hydrogen-bond acceptors (Lipinski definition) is 3. The summed E-state index contributed by atoms with van der Waals surface area (Å²) < 4.78 is 0. The van der Waals surface area contributed by atoms with Crippen LogP contribution in [0.2, 0.25) is 0 Å². The monoisotopic (exact) mass is 527 g/mol. The molecule has 1 amide bonds. The summed E-state index contributed by atoms with van der Waals surface area (Å²) in [5.74, 6) is 1.96. The van der Waals surface area contributed by atoms with E-state index in [0.717, 1.165) is 37.1 Å². The molecule has 2 heterocycles. The van der Waals surface area contributed by atoms with Gasteiger partial charge >= 0.3 is 0 Å². The molecule has 168 valence electrons. The van der Waals surface area contributed by atoms with Crippen LogP contribution in [0.3, 0.4) is 0 Å². The summed E-state index contributed by atoms with van der Waals surface area (Å²) in [6.45, 7) is 10.5. The highest BCUT2D eigenvalue weighted by atomic mass is 127. The Balaban J connectivity index is 0.00000320. The Bertz CT molecular complexity index is 688. The van der Waals surface area contributed by atoms with Gasteiger partial charge in [-0.05, 0) is 69.8 Å². The number of anilines is 1. The number of nitrogens with one attached hydrogen (secondary N) is 3. The summed E-state index contributed by atoms with van der Waals surface area (Å²) in [6.07, 6.45) is 5.55. The second kappa shape index (κ2) is 13.1. The fourth-order valence-electron chi connectivity index (χ4n) is 4.16. The number of nitrogens with zero attached hydrogens (tertiary/aromatic N) is 2. The number of fused-ring (bicyclic) bond motifs is 1. The molecule has 1 unspecified atom stereocenters. The van der Waals surface area contributed by atoms with Gasteiger partial charge < -0.3 is 20.9 Å². The first-order valence-electron chi connectivity index (χ1n) is 11.3. The molecular weight excluding hydrogens is 489 g/mol. The minimum atomic E-state index is 0. The summed E-state index contributed by atoms with van der Waals surface area (Å²) in [5.41, 5.74) is 2.11. The lowest BCUT2D eigenvalue weighted by Gasteiger charge is -2.30. The van der Waals surface area contributed by atoms with E-state index in [9.17, 15) is 4.79 Å². The van der Waals surface area contributed by atoms with Crippen molar-refractivity contribution in [1.82, 2.24) is 15.5 Å². The van der Waals surface area contributed by atoms with Gasteiger partial charge in [0.2, 0.25) is 5.91 Å². The van der Waals surface area contributed by atoms with Crippen molar-refractivity contribution in [1.29, 1.82) is 0 Å². The number of piperidine rings is 1. The molecule has 0 saturated carbocycles. The molecule has 0 aromatic heterocycles. The largest absolute Gasteiger partial charge is 0.357 e. The van der Waals surface area contributed by atoms with Crippen molar-refractivity contribution >= 4 is 41.5 Å². The second-order valence-corrected chi connectivity index (χ2v) is 8.41. The van der Waals surface area contributed by atoms with Crippen LogP contribution in [-0.4, -0.2) is 56.0 Å². The van der Waals surface area contributed by atoms with E-state index in [0.29, 0.717) is 13.0 Å². The van der Waals surface area contributed by atoms with Gasteiger partial charge in [0.25, 0.3) is 0 Å². The van der Waals surface area contributed by atoms with E-state index in [1.807, 2.05) is 18.2 Å². The number of amides is 1. The Kier molecular flexibility index (Phi) is 10.9. The molecule has 2 aliphatic heterocycles. The molecule has 2 aliphatic rings. The molecular formula is C23H38IN5O. The molecule has 0 radical (unpaired) electrons. The SMILES string of the molecule is CCNC(=NCC1CC(=O)Nc2ccccc21)NCCCCN1CCC(C)CC1.I. The lowest BCUT2D eigenvalue weighted by molar-refractivity contribution is -0.116. The van der Waals surface area contributed by atoms with Crippen LogP contribution >= 0.6 is 24.0 Å². The minimum Gasteiger partial charge on any atom is -0.357 e. The van der Waals surface area contributed by atoms with Crippen molar-refractivity contribution in [3.63, 3.8) is 0 Å². The van der Waals surface area contributed by atoms with E-state index < -0.39 is 0 Å². The molecule has 3 rings (SSSR count). The topological polar surface area (TPSA) is 68.8 Å². The normalized spacial score (nSPS) is 20.1. The van der Waals surface area contributed by atoms with Crippen LogP contribution in [0, 0.1) is 5.92 Å². The van der Waals surface area contributed by atoms with Crippen molar-refractivity contribution in [3.05, 3.63) is 29.8 Å². The fourth-order valence-corrected chi connectivity index (χ4v) is 4.16. The Morgan fingerprint density at radius 2 is 1.97 bits per heavy atom. The number of unbranched alkanes of at least 4 members (excludes halogenated alkanes) is 1. The molecule has 30 heavy (non-hydrogen) atoms. The van der Waals surface area contributed by atoms with Gasteiger partial charge in [0.1, 0.15) is 0 Å². The summed E-state index contributed by atoms with van der Waals surface area (Å²) in [7, 11) is 0. The van der Waals surface area contributed by atoms with Crippen LogP contribution in [0.4, 0.5) is 5.69 Å². The van der Waals surface area contributed by atoms with Crippen LogP contribution in [0.15, 0.2) is 29.3 Å². The molecule has 1 aromatic carbocycles. The maximum absolute atomic E-state index is 12.0. The first kappa shape index (κ1) is 24.9. The predicted molar refractivity (Wildman–Crippen MR) is 136 cm³/mol. The van der Waals surface area contributed by atoms with Gasteiger partial charge in [0, 0.05) is 31.1 Å². The third kappa shape index (κ3) is 7.72. The van der Waals surface area contributed by atoms with Gasteiger partial charge in [0.05, 0.1) is 6.54 Å². The number of likely N-dealkylation sites (tertiary alicyclic amines) is 1. The minimum absolute atomic E-state index is 0. The maximum Gasteiger partial charge on any atom is 0.225 e. The number of guanidine groups is 1. The van der Waals surface area contributed by atoms with Crippen LogP contribution in [-0.2, 0) is 4.79 Å². The Morgan fingerprint density at radius 3 is 2.73 bits per heavy atom. The molecule has 1 fully saturated rings. The molecule has 0 bridgehead atoms. The van der Waals surface area contributed by atoms with Crippen LogP contribution in [0.1, 0.15) is 57.4 Å². The van der Waals surface area contributed by atoms with Gasteiger partial charge in [-0.25, -0.2) is 0 Å². The summed E-state index contributed by atoms with van der Waals surface area (Å²) in [5, 5.41) is 9.75. The van der Waals surface area contributed by atoms with Gasteiger partial charge in [0.15, 0.2) is 5.96 Å². The van der Waals surface area contributed by atoms with Crippen molar-refractivity contribution in [3.8, 4) is 0 Å². The average Bonchev–Trinajstić information content (AvgIpc) is 2.72. The van der Waals surface area contributed by atoms with E-state index in [4.69, 9.17) is 4.99 Å². The Labute approximate surface area is 198 Å². The molecule has 1 atom stereocenters. The lowest BCUT2D eigenvalue weighted by Crippen LogP contribution is -2.39. The Hall–Kier alpha value is -1.35. The highest BCUT2D eigenvalue weighted by molar-refractivity contribution is 14.0. The van der Waals surface area contributed by atoms with Crippen molar-refractivity contribution in [2.45, 2.75) is 51.9 Å². The number of hydrogen-bond donors (Lipinski definition) is 3. The Morgan fingerprint density at radius 1 is 1.20 bits per heavy atom. The second-order valence-electron chi connectivity index (χ2n) is 8.41. The molecule has 1 saturated heterocycles. The first-order chi connectivity index (χ1) is 14.2. The van der Waals surface area contributed by atoms with Crippen molar-refractivity contribution in [2.24, 2.45) is 10.9 Å². The zero-order valence-electron chi connectivity index (χ0n) is 18.5. The van der Waals surface area contributed by atoms with E-state index in [-0.39, 0.29) is 35.8 Å². The highest BCUT2D eigenvalue weighted by Gasteiger charge is 2.24. The first-order valence-corrected chi connectivity index (χ1v) is 11.3. The van der Waals surface area contributed by atoms with Crippen LogP contribution < -0.4 is 16.0 Å². The highest BCUT2D eigenvalue weighted by Crippen LogP contribution is 2.31. The van der Waals surface area contributed by atoms with E-state index in [1.54, 1.807) is 0 Å². The van der Waals surface area contributed by atoms with Crippen LogP contribution in [0.25, 0.3) is 0 Å². The van der Waals surface area contributed by atoms with Crippen molar-refractivity contribution in [2.75, 3.05) is 44.6 Å². The van der Waals surface area contributed by atoms with Crippen molar-refractivity contribution < 1.29 is 4.79 Å². The number of benzene rings is 1. The number of carbonyl (C=O) groups is 1. The number of halogens is 1. The number of aliphatic imine (C=N–C) groups is 1. The molecule has 1 aromatic rings. The number of para-hydroxylation sites is 1. The summed E-state index contributed by atoms with van der Waals surface area (Å²) >= 11 is 0. The van der Waals surface area contributed by atoms with Gasteiger partial charge in [-0.1, -0.05) is 25.1 Å². The molecule has 0 spiro atoms. The van der Waals surface area contributed by atoms with Crippen LogP contribution in [0.5, 0.6) is 0 Å². The summed E-state index contributed by atoms with van der Waals surface area (Å²) in [6, 6.07) is 8.05. The molecule has 7 heteroatoms. The number of rotatable bonds is 8. The quantitative estimate of drug-likeness (QED) is 0.208. The maximum atomic E-state index is 12.0. The average molecular weight is 527 g/mol. The molecule has 3 N–H and O–H groups in total. The third-order valence-electron chi connectivity index (χ3n) is 5.99. The number of carbonyl (C=O) groups excluding carboxylic acids is 1. The van der Waals surface area contributed by atoms with Gasteiger partial charge in [-0.2, -0.15) is 0 Å². The zero-order chi connectivity index (χ0) is 20.5. The summed E-state index contributed by atoms with van der Waals surface area (Å²) in [4.78, 5) is 19.4.